The Hall–Kier alpha value is -2.19. The molecule has 0 spiro atoms. The van der Waals surface area contributed by atoms with Crippen molar-refractivity contribution in [3.05, 3.63) is 33.9 Å². The minimum atomic E-state index is -0.607. The van der Waals surface area contributed by atoms with Crippen LogP contribution in [0.4, 0.5) is 11.4 Å². The molecule has 1 aliphatic rings. The van der Waals surface area contributed by atoms with Crippen molar-refractivity contribution < 1.29 is 9.72 Å². The number of anilines is 1. The van der Waals surface area contributed by atoms with Gasteiger partial charge in [-0.15, -0.1) is 0 Å². The molecule has 1 aromatic rings. The van der Waals surface area contributed by atoms with Crippen LogP contribution in [0.3, 0.4) is 0 Å². The SMILES string of the molecule is CN1CCN(c2cc(C(N)=O)ccc2[N+](=O)[O-])C(CN)C1. The second-order valence-corrected chi connectivity index (χ2v) is 5.17. The molecule has 1 atom stereocenters. The summed E-state index contributed by atoms with van der Waals surface area (Å²) in [6, 6.07) is 4.14. The molecule has 1 aromatic carbocycles. The molecule has 1 heterocycles. The number of likely N-dealkylation sites (N-methyl/N-ethyl adjacent to an activating group) is 1. The number of nitrogens with two attached hydrogens (primary N) is 2. The van der Waals surface area contributed by atoms with Crippen LogP contribution < -0.4 is 16.4 Å². The van der Waals surface area contributed by atoms with E-state index < -0.39 is 10.8 Å². The first-order valence-electron chi connectivity index (χ1n) is 6.67. The van der Waals surface area contributed by atoms with E-state index in [1.54, 1.807) is 0 Å². The summed E-state index contributed by atoms with van der Waals surface area (Å²) in [6.07, 6.45) is 0. The highest BCUT2D eigenvalue weighted by molar-refractivity contribution is 5.94. The molecule has 0 saturated carbocycles. The van der Waals surface area contributed by atoms with E-state index in [0.29, 0.717) is 25.3 Å². The largest absolute Gasteiger partial charge is 0.366 e. The third-order valence-electron chi connectivity index (χ3n) is 3.72. The molecule has 4 N–H and O–H groups in total. The number of amides is 1. The summed E-state index contributed by atoms with van der Waals surface area (Å²) in [4.78, 5) is 26.1. The van der Waals surface area contributed by atoms with Crippen molar-refractivity contribution >= 4 is 17.3 Å². The lowest BCUT2D eigenvalue weighted by Gasteiger charge is -2.40. The fourth-order valence-corrected chi connectivity index (χ4v) is 2.59. The highest BCUT2D eigenvalue weighted by Crippen LogP contribution is 2.31. The summed E-state index contributed by atoms with van der Waals surface area (Å²) in [5, 5.41) is 11.2. The number of rotatable bonds is 4. The van der Waals surface area contributed by atoms with Crippen molar-refractivity contribution in [1.82, 2.24) is 4.90 Å². The van der Waals surface area contributed by atoms with Gasteiger partial charge >= 0.3 is 0 Å². The molecule has 1 aliphatic heterocycles. The number of nitro benzene ring substituents is 1. The normalized spacial score (nSPS) is 19.5. The Morgan fingerprint density at radius 3 is 2.76 bits per heavy atom. The van der Waals surface area contributed by atoms with Crippen LogP contribution in [0.15, 0.2) is 18.2 Å². The number of primary amides is 1. The molecular formula is C13H19N5O3. The van der Waals surface area contributed by atoms with Crippen LogP contribution >= 0.6 is 0 Å². The first-order valence-corrected chi connectivity index (χ1v) is 6.67. The molecule has 1 saturated heterocycles. The van der Waals surface area contributed by atoms with E-state index in [0.717, 1.165) is 6.54 Å². The predicted octanol–water partition coefficient (Wildman–Crippen LogP) is -0.227. The van der Waals surface area contributed by atoms with Gasteiger partial charge in [-0.1, -0.05) is 0 Å². The van der Waals surface area contributed by atoms with Crippen molar-refractivity contribution in [2.75, 3.05) is 38.1 Å². The summed E-state index contributed by atoms with van der Waals surface area (Å²) in [5.74, 6) is -0.607. The number of hydrogen-bond donors (Lipinski definition) is 2. The number of piperazine rings is 1. The Kier molecular flexibility index (Phi) is 4.39. The summed E-state index contributed by atoms with van der Waals surface area (Å²) in [6.45, 7) is 2.48. The van der Waals surface area contributed by atoms with E-state index in [9.17, 15) is 14.9 Å². The average molecular weight is 293 g/mol. The monoisotopic (exact) mass is 293 g/mol. The van der Waals surface area contributed by atoms with Gasteiger partial charge in [0.2, 0.25) is 5.91 Å². The summed E-state index contributed by atoms with van der Waals surface area (Å²) in [7, 11) is 1.98. The van der Waals surface area contributed by atoms with Gasteiger partial charge in [-0.2, -0.15) is 0 Å². The van der Waals surface area contributed by atoms with Gasteiger partial charge in [0.05, 0.1) is 11.0 Å². The number of nitro groups is 1. The van der Waals surface area contributed by atoms with E-state index in [1.807, 2.05) is 11.9 Å². The Balaban J connectivity index is 2.46. The molecule has 21 heavy (non-hydrogen) atoms. The minimum Gasteiger partial charge on any atom is -0.366 e. The second kappa shape index (κ2) is 6.06. The zero-order valence-electron chi connectivity index (χ0n) is 11.9. The molecule has 0 bridgehead atoms. The quantitative estimate of drug-likeness (QED) is 0.585. The standard InChI is InChI=1S/C13H19N5O3/c1-16-4-5-17(10(7-14)8-16)12-6-9(13(15)19)2-3-11(12)18(20)21/h2-3,6,10H,4-5,7-8,14H2,1H3,(H2,15,19). The first-order chi connectivity index (χ1) is 9.93. The number of carbonyl (C=O) groups excluding carboxylic acids is 1. The second-order valence-electron chi connectivity index (χ2n) is 5.17. The summed E-state index contributed by atoms with van der Waals surface area (Å²) in [5.41, 5.74) is 11.7. The van der Waals surface area contributed by atoms with E-state index >= 15 is 0 Å². The molecule has 0 aromatic heterocycles. The third-order valence-corrected chi connectivity index (χ3v) is 3.72. The average Bonchev–Trinajstić information content (AvgIpc) is 2.46. The van der Waals surface area contributed by atoms with Gasteiger partial charge in [0.15, 0.2) is 0 Å². The Morgan fingerprint density at radius 2 is 2.19 bits per heavy atom. The smallest absolute Gasteiger partial charge is 0.292 e. The molecule has 0 aliphatic carbocycles. The zero-order valence-corrected chi connectivity index (χ0v) is 11.9. The van der Waals surface area contributed by atoms with Gasteiger partial charge in [-0.05, 0) is 19.2 Å². The van der Waals surface area contributed by atoms with Crippen LogP contribution in [0.1, 0.15) is 10.4 Å². The summed E-state index contributed by atoms with van der Waals surface area (Å²) >= 11 is 0. The summed E-state index contributed by atoms with van der Waals surface area (Å²) < 4.78 is 0. The fraction of sp³-hybridized carbons (Fsp3) is 0.462. The maximum atomic E-state index is 11.3. The molecule has 8 nitrogen and oxygen atoms in total. The first kappa shape index (κ1) is 15.2. The molecule has 1 amide bonds. The van der Waals surface area contributed by atoms with E-state index in [1.165, 1.54) is 18.2 Å². The fourth-order valence-electron chi connectivity index (χ4n) is 2.59. The van der Waals surface area contributed by atoms with Crippen LogP contribution in [-0.2, 0) is 0 Å². The van der Waals surface area contributed by atoms with Crippen LogP contribution in [0.2, 0.25) is 0 Å². The van der Waals surface area contributed by atoms with Crippen molar-refractivity contribution in [2.24, 2.45) is 11.5 Å². The van der Waals surface area contributed by atoms with E-state index in [4.69, 9.17) is 11.5 Å². The van der Waals surface area contributed by atoms with Gasteiger partial charge in [-0.25, -0.2) is 0 Å². The van der Waals surface area contributed by atoms with Gasteiger partial charge in [-0.3, -0.25) is 14.9 Å². The number of nitrogens with zero attached hydrogens (tertiary/aromatic N) is 3. The lowest BCUT2D eigenvalue weighted by molar-refractivity contribution is -0.384. The van der Waals surface area contributed by atoms with Crippen LogP contribution in [0, 0.1) is 10.1 Å². The van der Waals surface area contributed by atoms with Crippen LogP contribution in [-0.4, -0.2) is 55.0 Å². The molecular weight excluding hydrogens is 274 g/mol. The molecule has 114 valence electrons. The molecule has 0 radical (unpaired) electrons. The van der Waals surface area contributed by atoms with Gasteiger partial charge < -0.3 is 21.3 Å². The maximum Gasteiger partial charge on any atom is 0.292 e. The number of hydrogen-bond acceptors (Lipinski definition) is 6. The predicted molar refractivity (Wildman–Crippen MR) is 79.3 cm³/mol. The Labute approximate surface area is 122 Å². The van der Waals surface area contributed by atoms with Gasteiger partial charge in [0, 0.05) is 37.8 Å². The van der Waals surface area contributed by atoms with Gasteiger partial charge in [0.1, 0.15) is 5.69 Å². The van der Waals surface area contributed by atoms with E-state index in [2.05, 4.69) is 4.90 Å². The number of carbonyl (C=O) groups is 1. The third kappa shape index (κ3) is 3.11. The molecule has 1 fully saturated rings. The number of benzene rings is 1. The molecule has 1 unspecified atom stereocenters. The highest BCUT2D eigenvalue weighted by atomic mass is 16.6. The van der Waals surface area contributed by atoms with Gasteiger partial charge in [0.25, 0.3) is 5.69 Å². The molecule has 8 heteroatoms. The minimum absolute atomic E-state index is 0.0365. The van der Waals surface area contributed by atoms with E-state index in [-0.39, 0.29) is 17.3 Å². The lowest BCUT2D eigenvalue weighted by atomic mass is 10.1. The zero-order chi connectivity index (χ0) is 15.6. The molecule has 2 rings (SSSR count). The van der Waals surface area contributed by atoms with Crippen molar-refractivity contribution in [3.8, 4) is 0 Å². The van der Waals surface area contributed by atoms with Crippen LogP contribution in [0.25, 0.3) is 0 Å². The highest BCUT2D eigenvalue weighted by Gasteiger charge is 2.29. The van der Waals surface area contributed by atoms with Crippen molar-refractivity contribution in [3.63, 3.8) is 0 Å². The van der Waals surface area contributed by atoms with Crippen LogP contribution in [0.5, 0.6) is 0 Å². The lowest BCUT2D eigenvalue weighted by Crippen LogP contribution is -2.55. The van der Waals surface area contributed by atoms with Crippen molar-refractivity contribution in [2.45, 2.75) is 6.04 Å². The topological polar surface area (TPSA) is 119 Å². The Bertz CT molecular complexity index is 563. The van der Waals surface area contributed by atoms with Crippen molar-refractivity contribution in [1.29, 1.82) is 0 Å². The maximum absolute atomic E-state index is 11.3. The Morgan fingerprint density at radius 1 is 1.48 bits per heavy atom.